The molecule has 0 aliphatic rings. The Morgan fingerprint density at radius 2 is 1.09 bits per heavy atom. The van der Waals surface area contributed by atoms with E-state index in [0.29, 0.717) is 3.43 Å². The van der Waals surface area contributed by atoms with Crippen molar-refractivity contribution >= 4 is 18.4 Å². The van der Waals surface area contributed by atoms with Crippen LogP contribution in [0.15, 0.2) is 0 Å². The van der Waals surface area contributed by atoms with Gasteiger partial charge in [0.25, 0.3) is 0 Å². The van der Waals surface area contributed by atoms with Gasteiger partial charge in [0.15, 0.2) is 0 Å². The summed E-state index contributed by atoms with van der Waals surface area (Å²) in [6, 6.07) is 0. The van der Waals surface area contributed by atoms with Crippen molar-refractivity contribution in [2.24, 2.45) is 0 Å². The van der Waals surface area contributed by atoms with Crippen LogP contribution in [-0.2, 0) is 0 Å². The molecule has 0 bridgehead atoms. The van der Waals surface area contributed by atoms with Crippen LogP contribution < -0.4 is 0 Å². The molecule has 0 saturated carbocycles. The molecule has 0 radical (unpaired) electrons. The SMILES string of the molecule is C[CH2][Sn]([CH2]C)([CH2]C)[C](C)(C)C. The van der Waals surface area contributed by atoms with Crippen LogP contribution in [-0.4, -0.2) is 18.4 Å². The predicted octanol–water partition coefficient (Wildman–Crippen LogP) is 4.30. The average molecular weight is 263 g/mol. The molecule has 0 rings (SSSR count). The maximum absolute atomic E-state index is 2.46. The van der Waals surface area contributed by atoms with Crippen molar-refractivity contribution < 1.29 is 0 Å². The summed E-state index contributed by atoms with van der Waals surface area (Å²) in [7, 11) is 0. The summed E-state index contributed by atoms with van der Waals surface area (Å²) in [5.41, 5.74) is 0. The molecule has 0 aromatic carbocycles. The fourth-order valence-electron chi connectivity index (χ4n) is 2.34. The summed E-state index contributed by atoms with van der Waals surface area (Å²) in [6.07, 6.45) is 0. The molecule has 0 aromatic heterocycles. The first-order chi connectivity index (χ1) is 4.93. The molecule has 0 atom stereocenters. The minimum atomic E-state index is -1.68. The molecule has 0 amide bonds. The van der Waals surface area contributed by atoms with Gasteiger partial charge in [-0.1, -0.05) is 0 Å². The Kier molecular flexibility index (Phi) is 4.46. The van der Waals surface area contributed by atoms with E-state index in [1.807, 2.05) is 0 Å². The Balaban J connectivity index is 4.54. The summed E-state index contributed by atoms with van der Waals surface area (Å²) < 4.78 is 5.23. The van der Waals surface area contributed by atoms with Gasteiger partial charge in [-0.05, 0) is 0 Å². The van der Waals surface area contributed by atoms with Gasteiger partial charge in [0.1, 0.15) is 0 Å². The third-order valence-electron chi connectivity index (χ3n) is 3.62. The van der Waals surface area contributed by atoms with Crippen molar-refractivity contribution in [2.45, 2.75) is 58.3 Å². The van der Waals surface area contributed by atoms with E-state index in [2.05, 4.69) is 41.5 Å². The summed E-state index contributed by atoms with van der Waals surface area (Å²) in [6.45, 7) is 14.6. The third-order valence-corrected chi connectivity index (χ3v) is 24.3. The molecule has 1 heteroatoms. The van der Waals surface area contributed by atoms with E-state index in [1.165, 1.54) is 13.3 Å². The number of hydrogen-bond donors (Lipinski definition) is 0. The van der Waals surface area contributed by atoms with Crippen LogP contribution in [0.3, 0.4) is 0 Å². The van der Waals surface area contributed by atoms with E-state index >= 15 is 0 Å². The van der Waals surface area contributed by atoms with Gasteiger partial charge >= 0.3 is 76.7 Å². The van der Waals surface area contributed by atoms with Gasteiger partial charge in [0.2, 0.25) is 0 Å². The Bertz CT molecular complexity index is 98.3. The van der Waals surface area contributed by atoms with E-state index in [1.54, 1.807) is 0 Å². The Hall–Kier alpha value is 0.799. The second-order valence-electron chi connectivity index (χ2n) is 4.59. The van der Waals surface area contributed by atoms with Crippen molar-refractivity contribution in [3.8, 4) is 0 Å². The Morgan fingerprint density at radius 3 is 1.09 bits per heavy atom. The Labute approximate surface area is 76.6 Å². The fourth-order valence-corrected chi connectivity index (χ4v) is 15.7. The molecule has 0 aromatic rings. The molecular formula is C10H24Sn. The summed E-state index contributed by atoms with van der Waals surface area (Å²) >= 11 is -1.68. The maximum atomic E-state index is 2.46. The van der Waals surface area contributed by atoms with Gasteiger partial charge in [0.05, 0.1) is 0 Å². The second kappa shape index (κ2) is 4.15. The van der Waals surface area contributed by atoms with Crippen molar-refractivity contribution in [2.75, 3.05) is 0 Å². The molecule has 68 valence electrons. The second-order valence-corrected chi connectivity index (χ2v) is 22.2. The van der Waals surface area contributed by atoms with Gasteiger partial charge in [0, 0.05) is 0 Å². The van der Waals surface area contributed by atoms with E-state index in [-0.39, 0.29) is 0 Å². The molecule has 0 unspecified atom stereocenters. The zero-order valence-electron chi connectivity index (χ0n) is 9.12. The normalized spacial score (nSPS) is 13.6. The topological polar surface area (TPSA) is 0 Å². The van der Waals surface area contributed by atoms with Crippen LogP contribution >= 0.6 is 0 Å². The van der Waals surface area contributed by atoms with E-state index in [9.17, 15) is 0 Å². The van der Waals surface area contributed by atoms with Gasteiger partial charge in [-0.15, -0.1) is 0 Å². The van der Waals surface area contributed by atoms with E-state index in [0.717, 1.165) is 0 Å². The first-order valence-corrected chi connectivity index (χ1v) is 12.4. The number of hydrogen-bond acceptors (Lipinski definition) is 0. The van der Waals surface area contributed by atoms with Crippen LogP contribution in [0.25, 0.3) is 0 Å². The van der Waals surface area contributed by atoms with Gasteiger partial charge in [-0.25, -0.2) is 0 Å². The molecule has 11 heavy (non-hydrogen) atoms. The van der Waals surface area contributed by atoms with Crippen LogP contribution in [0.2, 0.25) is 16.7 Å². The zero-order chi connectivity index (χ0) is 9.12. The molecule has 0 aliphatic heterocycles. The molecular weight excluding hydrogens is 239 g/mol. The molecule has 0 fully saturated rings. The zero-order valence-corrected chi connectivity index (χ0v) is 12.0. The van der Waals surface area contributed by atoms with Crippen LogP contribution in [0, 0.1) is 0 Å². The molecule has 0 nitrogen and oxygen atoms in total. The molecule has 0 N–H and O–H groups in total. The van der Waals surface area contributed by atoms with Gasteiger partial charge in [-0.3, -0.25) is 0 Å². The van der Waals surface area contributed by atoms with Crippen molar-refractivity contribution in [3.05, 3.63) is 0 Å². The monoisotopic (exact) mass is 264 g/mol. The van der Waals surface area contributed by atoms with Gasteiger partial charge in [-0.2, -0.15) is 0 Å². The summed E-state index contributed by atoms with van der Waals surface area (Å²) in [4.78, 5) is 0. The summed E-state index contributed by atoms with van der Waals surface area (Å²) in [5, 5.41) is 0. The summed E-state index contributed by atoms with van der Waals surface area (Å²) in [5.74, 6) is 0. The average Bonchev–Trinajstić information content (AvgIpc) is 1.90. The minimum absolute atomic E-state index is 0.674. The van der Waals surface area contributed by atoms with Crippen molar-refractivity contribution in [1.82, 2.24) is 0 Å². The quantitative estimate of drug-likeness (QED) is 0.666. The Morgan fingerprint density at radius 1 is 0.818 bits per heavy atom. The first kappa shape index (κ1) is 11.8. The van der Waals surface area contributed by atoms with E-state index < -0.39 is 18.4 Å². The van der Waals surface area contributed by atoms with Crippen molar-refractivity contribution in [3.63, 3.8) is 0 Å². The molecule has 0 aliphatic carbocycles. The van der Waals surface area contributed by atoms with Crippen LogP contribution in [0.1, 0.15) is 41.5 Å². The van der Waals surface area contributed by atoms with Crippen LogP contribution in [0.4, 0.5) is 0 Å². The van der Waals surface area contributed by atoms with Gasteiger partial charge < -0.3 is 0 Å². The number of rotatable bonds is 3. The fraction of sp³-hybridized carbons (Fsp3) is 1.00. The molecule has 0 heterocycles. The van der Waals surface area contributed by atoms with E-state index in [4.69, 9.17) is 0 Å². The van der Waals surface area contributed by atoms with Crippen LogP contribution in [0.5, 0.6) is 0 Å². The first-order valence-electron chi connectivity index (χ1n) is 4.93. The predicted molar refractivity (Wildman–Crippen MR) is 56.9 cm³/mol. The van der Waals surface area contributed by atoms with Crippen molar-refractivity contribution in [1.29, 1.82) is 0 Å². The standard InChI is InChI=1S/C4H9.3C2H5.Sn/c1-4(2)3;3*1-2;/h1-3H3;3*1H2,2H3;. The molecule has 0 saturated heterocycles. The third kappa shape index (κ3) is 2.37. The molecule has 0 spiro atoms.